The van der Waals surface area contributed by atoms with Crippen LogP contribution in [0.5, 0.6) is 0 Å². The Morgan fingerprint density at radius 2 is 1.59 bits per heavy atom. The Morgan fingerprint density at radius 1 is 0.889 bits per heavy atom. The van der Waals surface area contributed by atoms with Gasteiger partial charge in [-0.3, -0.25) is 0 Å². The van der Waals surface area contributed by atoms with Crippen molar-refractivity contribution in [2.24, 2.45) is 5.92 Å². The molecule has 0 aromatic heterocycles. The van der Waals surface area contributed by atoms with Crippen LogP contribution in [0.1, 0.15) is 62.0 Å². The van der Waals surface area contributed by atoms with Crippen molar-refractivity contribution in [3.8, 4) is 0 Å². The monoisotopic (exact) mass is 372 g/mol. The summed E-state index contributed by atoms with van der Waals surface area (Å²) in [7, 11) is 0. The van der Waals surface area contributed by atoms with E-state index in [1.54, 1.807) is 24.3 Å². The molecule has 1 aliphatic rings. The summed E-state index contributed by atoms with van der Waals surface area (Å²) in [4.78, 5) is 0. The lowest BCUT2D eigenvalue weighted by atomic mass is 9.76. The van der Waals surface area contributed by atoms with E-state index in [0.717, 1.165) is 38.5 Å². The van der Waals surface area contributed by atoms with Gasteiger partial charge in [-0.25, -0.2) is 13.2 Å². The van der Waals surface area contributed by atoms with Crippen molar-refractivity contribution in [3.05, 3.63) is 72.1 Å². The molecule has 0 amide bonds. The van der Waals surface area contributed by atoms with Gasteiger partial charge in [-0.05, 0) is 85.8 Å². The predicted molar refractivity (Wildman–Crippen MR) is 106 cm³/mol. The van der Waals surface area contributed by atoms with Gasteiger partial charge in [0.25, 0.3) is 0 Å². The second-order valence-electron chi connectivity index (χ2n) is 7.64. The lowest BCUT2D eigenvalue weighted by Gasteiger charge is -2.29. The zero-order valence-electron chi connectivity index (χ0n) is 15.7. The van der Waals surface area contributed by atoms with Crippen molar-refractivity contribution in [2.75, 3.05) is 0 Å². The summed E-state index contributed by atoms with van der Waals surface area (Å²) in [6, 6.07) is 5.04. The van der Waals surface area contributed by atoms with Gasteiger partial charge in [-0.1, -0.05) is 24.3 Å². The van der Waals surface area contributed by atoms with Gasteiger partial charge >= 0.3 is 0 Å². The third-order valence-electron chi connectivity index (χ3n) is 5.91. The van der Waals surface area contributed by atoms with Crippen molar-refractivity contribution in [2.45, 2.75) is 57.3 Å². The van der Waals surface area contributed by atoms with E-state index in [0.29, 0.717) is 35.3 Å². The second kappa shape index (κ2) is 8.77. The summed E-state index contributed by atoms with van der Waals surface area (Å²) in [6.45, 7) is 7.38. The van der Waals surface area contributed by atoms with E-state index in [-0.39, 0.29) is 11.3 Å². The number of halogens is 3. The average molecular weight is 372 g/mol. The first-order chi connectivity index (χ1) is 13.1. The van der Waals surface area contributed by atoms with Crippen molar-refractivity contribution in [1.29, 1.82) is 0 Å². The first-order valence-electron chi connectivity index (χ1n) is 9.87. The molecule has 1 aliphatic carbocycles. The van der Waals surface area contributed by atoms with E-state index >= 15 is 0 Å². The largest absolute Gasteiger partial charge is 0.206 e. The molecule has 3 rings (SSSR count). The molecule has 144 valence electrons. The highest BCUT2D eigenvalue weighted by molar-refractivity contribution is 5.85. The number of allylic oxidation sites excluding steroid dienone is 2. The summed E-state index contributed by atoms with van der Waals surface area (Å²) in [5.74, 6) is -1.93. The maximum Gasteiger partial charge on any atom is 0.169 e. The second-order valence-corrected chi connectivity index (χ2v) is 7.64. The molecule has 2 aromatic carbocycles. The Morgan fingerprint density at radius 3 is 2.26 bits per heavy atom. The van der Waals surface area contributed by atoms with Crippen LogP contribution in [0.3, 0.4) is 0 Å². The van der Waals surface area contributed by atoms with E-state index in [1.807, 2.05) is 6.08 Å². The molecule has 3 heteroatoms. The Bertz CT molecular complexity index is 829. The molecule has 0 nitrogen and oxygen atoms in total. The lowest BCUT2D eigenvalue weighted by Crippen LogP contribution is -2.15. The zero-order valence-corrected chi connectivity index (χ0v) is 15.7. The molecule has 0 atom stereocenters. The van der Waals surface area contributed by atoms with Crippen LogP contribution < -0.4 is 0 Å². The number of hydrogen-bond acceptors (Lipinski definition) is 0. The van der Waals surface area contributed by atoms with Crippen molar-refractivity contribution >= 4 is 10.8 Å². The smallest absolute Gasteiger partial charge is 0.169 e. The summed E-state index contributed by atoms with van der Waals surface area (Å²) in [6.07, 6.45) is 10.5. The lowest BCUT2D eigenvalue weighted by molar-refractivity contribution is 0.306. The fourth-order valence-electron chi connectivity index (χ4n) is 4.31. The Kier molecular flexibility index (Phi) is 6.41. The molecule has 0 radical (unpaired) electrons. The van der Waals surface area contributed by atoms with Gasteiger partial charge in [0.15, 0.2) is 11.6 Å². The minimum Gasteiger partial charge on any atom is -0.206 e. The van der Waals surface area contributed by atoms with Crippen molar-refractivity contribution in [3.63, 3.8) is 0 Å². The van der Waals surface area contributed by atoms with Gasteiger partial charge in [0.1, 0.15) is 5.82 Å². The van der Waals surface area contributed by atoms with Crippen LogP contribution in [0.2, 0.25) is 0 Å². The van der Waals surface area contributed by atoms with Crippen LogP contribution in [0.15, 0.2) is 43.5 Å². The van der Waals surface area contributed by atoms with E-state index in [9.17, 15) is 13.2 Å². The van der Waals surface area contributed by atoms with Crippen LogP contribution in [-0.4, -0.2) is 0 Å². The van der Waals surface area contributed by atoms with Gasteiger partial charge in [-0.15, -0.1) is 13.2 Å². The molecule has 0 N–H and O–H groups in total. The minimum atomic E-state index is -1.05. The molecule has 0 aliphatic heterocycles. The fourth-order valence-corrected chi connectivity index (χ4v) is 4.31. The normalized spacial score (nSPS) is 20.0. The molecule has 2 aromatic rings. The van der Waals surface area contributed by atoms with Crippen LogP contribution in [0.25, 0.3) is 10.8 Å². The molecule has 0 spiro atoms. The standard InChI is InChI=1S/C24H27F3/c1-3-5-7-16-9-11-17(12-10-16)20-15-19-14-13-18(8-6-4-2)22(25)21(19)24(27)23(20)26/h3-4,13-17H,1-2,5-12H2. The molecule has 27 heavy (non-hydrogen) atoms. The van der Waals surface area contributed by atoms with Gasteiger partial charge in [0.2, 0.25) is 0 Å². The fraction of sp³-hybridized carbons (Fsp3) is 0.417. The first kappa shape index (κ1) is 19.7. The molecule has 0 saturated heterocycles. The van der Waals surface area contributed by atoms with E-state index in [4.69, 9.17) is 0 Å². The van der Waals surface area contributed by atoms with Crippen molar-refractivity contribution in [1.82, 2.24) is 0 Å². The molecular formula is C24H27F3. The van der Waals surface area contributed by atoms with E-state index in [1.165, 1.54) is 0 Å². The Labute approximate surface area is 159 Å². The Hall–Kier alpha value is -2.03. The maximum absolute atomic E-state index is 14.8. The molecule has 0 bridgehead atoms. The maximum atomic E-state index is 14.8. The summed E-state index contributed by atoms with van der Waals surface area (Å²) in [5.41, 5.74) is 0.802. The van der Waals surface area contributed by atoms with Crippen LogP contribution in [-0.2, 0) is 6.42 Å². The SMILES string of the molecule is C=CCCc1ccc2cc(C3CCC(CCC=C)CC3)c(F)c(F)c2c1F. The molecule has 0 heterocycles. The highest BCUT2D eigenvalue weighted by Crippen LogP contribution is 2.40. The van der Waals surface area contributed by atoms with Gasteiger partial charge in [-0.2, -0.15) is 0 Å². The van der Waals surface area contributed by atoms with Crippen LogP contribution in [0, 0.1) is 23.4 Å². The summed E-state index contributed by atoms with van der Waals surface area (Å²) >= 11 is 0. The highest BCUT2D eigenvalue weighted by atomic mass is 19.2. The highest BCUT2D eigenvalue weighted by Gasteiger charge is 2.27. The van der Waals surface area contributed by atoms with Gasteiger partial charge in [0, 0.05) is 0 Å². The summed E-state index contributed by atoms with van der Waals surface area (Å²) in [5, 5.41) is 0.218. The van der Waals surface area contributed by atoms with Gasteiger partial charge in [0.05, 0.1) is 5.39 Å². The predicted octanol–water partition coefficient (Wildman–Crippen LogP) is 7.62. The minimum absolute atomic E-state index is 0.00684. The number of fused-ring (bicyclic) bond motifs is 1. The number of aryl methyl sites for hydroxylation is 1. The Balaban J connectivity index is 1.89. The zero-order chi connectivity index (χ0) is 19.4. The number of hydrogen-bond donors (Lipinski definition) is 0. The van der Waals surface area contributed by atoms with Gasteiger partial charge < -0.3 is 0 Å². The molecule has 0 unspecified atom stereocenters. The molecule has 1 saturated carbocycles. The number of rotatable bonds is 7. The average Bonchev–Trinajstić information content (AvgIpc) is 2.69. The first-order valence-corrected chi connectivity index (χ1v) is 9.87. The third kappa shape index (κ3) is 4.12. The third-order valence-corrected chi connectivity index (χ3v) is 5.91. The topological polar surface area (TPSA) is 0 Å². The van der Waals surface area contributed by atoms with E-state index in [2.05, 4.69) is 13.2 Å². The molecular weight excluding hydrogens is 345 g/mol. The number of benzene rings is 2. The quantitative estimate of drug-likeness (QED) is 0.439. The van der Waals surface area contributed by atoms with Crippen LogP contribution in [0.4, 0.5) is 13.2 Å². The molecule has 1 fully saturated rings. The summed E-state index contributed by atoms with van der Waals surface area (Å²) < 4.78 is 44.3. The van der Waals surface area contributed by atoms with Crippen molar-refractivity contribution < 1.29 is 13.2 Å². The van der Waals surface area contributed by atoms with E-state index < -0.39 is 17.5 Å². The van der Waals surface area contributed by atoms with Crippen LogP contribution >= 0.6 is 0 Å².